The van der Waals surface area contributed by atoms with Crippen molar-refractivity contribution in [2.24, 2.45) is 0 Å². The van der Waals surface area contributed by atoms with Crippen LogP contribution in [0.2, 0.25) is 5.02 Å². The quantitative estimate of drug-likeness (QED) is 0.412. The first kappa shape index (κ1) is 21.5. The minimum atomic E-state index is 0.361. The average Bonchev–Trinajstić information content (AvgIpc) is 2.74. The van der Waals surface area contributed by atoms with Gasteiger partial charge in [-0.2, -0.15) is 0 Å². The Labute approximate surface area is 184 Å². The van der Waals surface area contributed by atoms with E-state index in [0.717, 1.165) is 26.9 Å². The maximum absolute atomic E-state index is 6.22. The molecular weight excluding hydrogens is 454 g/mol. The number of nitrogens with one attached hydrogen (secondary N) is 1. The van der Waals surface area contributed by atoms with Crippen LogP contribution in [0.25, 0.3) is 0 Å². The van der Waals surface area contributed by atoms with E-state index in [9.17, 15) is 0 Å². The number of benzene rings is 3. The van der Waals surface area contributed by atoms with E-state index in [0.29, 0.717) is 36.2 Å². The van der Waals surface area contributed by atoms with Gasteiger partial charge in [-0.3, -0.25) is 0 Å². The van der Waals surface area contributed by atoms with Gasteiger partial charge in [-0.05, 0) is 45.8 Å². The molecule has 0 bridgehead atoms. The van der Waals surface area contributed by atoms with E-state index in [-0.39, 0.29) is 0 Å². The van der Waals surface area contributed by atoms with Gasteiger partial charge in [0.05, 0.1) is 18.7 Å². The second kappa shape index (κ2) is 10.5. The van der Waals surface area contributed by atoms with Gasteiger partial charge in [0.15, 0.2) is 11.5 Å². The lowest BCUT2D eigenvalue weighted by Gasteiger charge is -2.15. The highest BCUT2D eigenvalue weighted by atomic mass is 79.9. The minimum absolute atomic E-state index is 0.361. The third-order valence-corrected chi connectivity index (χ3v) is 5.41. The molecule has 0 radical (unpaired) electrons. The third kappa shape index (κ3) is 5.66. The first-order valence-corrected chi connectivity index (χ1v) is 10.3. The summed E-state index contributed by atoms with van der Waals surface area (Å²) in [4.78, 5) is 0. The lowest BCUT2D eigenvalue weighted by atomic mass is 10.1. The van der Waals surface area contributed by atoms with Crippen LogP contribution < -0.4 is 19.5 Å². The maximum Gasteiger partial charge on any atom is 0.175 e. The van der Waals surface area contributed by atoms with Crippen molar-refractivity contribution < 1.29 is 14.2 Å². The standard InChI is InChI=1S/C23H23BrClNO3/c1-27-21-10-6-4-7-17(21)14-26-13-16-11-19(24)23(22(12-16)28-2)29-15-18-8-3-5-9-20(18)25/h3-12,26H,13-15H2,1-2H3. The number of methoxy groups -OCH3 is 2. The molecule has 0 aromatic heterocycles. The molecule has 0 aliphatic carbocycles. The lowest BCUT2D eigenvalue weighted by Crippen LogP contribution is -2.13. The van der Waals surface area contributed by atoms with Gasteiger partial charge in [-0.15, -0.1) is 0 Å². The Balaban J connectivity index is 1.67. The fraction of sp³-hybridized carbons (Fsp3) is 0.217. The summed E-state index contributed by atoms with van der Waals surface area (Å²) in [5.74, 6) is 2.20. The van der Waals surface area contributed by atoms with Crippen LogP contribution >= 0.6 is 27.5 Å². The summed E-state index contributed by atoms with van der Waals surface area (Å²) in [5.41, 5.74) is 3.11. The van der Waals surface area contributed by atoms with Crippen LogP contribution in [-0.4, -0.2) is 14.2 Å². The van der Waals surface area contributed by atoms with E-state index in [1.54, 1.807) is 14.2 Å². The van der Waals surface area contributed by atoms with E-state index < -0.39 is 0 Å². The molecular formula is C23H23BrClNO3. The molecule has 0 saturated carbocycles. The predicted molar refractivity (Wildman–Crippen MR) is 120 cm³/mol. The highest BCUT2D eigenvalue weighted by Crippen LogP contribution is 2.37. The van der Waals surface area contributed by atoms with Gasteiger partial charge >= 0.3 is 0 Å². The van der Waals surface area contributed by atoms with E-state index in [2.05, 4.69) is 21.2 Å². The number of rotatable bonds is 9. The lowest BCUT2D eigenvalue weighted by molar-refractivity contribution is 0.282. The van der Waals surface area contributed by atoms with Crippen molar-refractivity contribution in [3.05, 3.63) is 86.8 Å². The molecule has 0 unspecified atom stereocenters. The molecule has 0 amide bonds. The van der Waals surface area contributed by atoms with Crippen molar-refractivity contribution in [2.45, 2.75) is 19.7 Å². The van der Waals surface area contributed by atoms with Crippen LogP contribution in [0.3, 0.4) is 0 Å². The van der Waals surface area contributed by atoms with Crippen molar-refractivity contribution >= 4 is 27.5 Å². The van der Waals surface area contributed by atoms with Gasteiger partial charge < -0.3 is 19.5 Å². The van der Waals surface area contributed by atoms with E-state index in [1.807, 2.05) is 60.7 Å². The monoisotopic (exact) mass is 475 g/mol. The normalized spacial score (nSPS) is 10.6. The summed E-state index contributed by atoms with van der Waals surface area (Å²) in [6, 6.07) is 19.6. The van der Waals surface area contributed by atoms with Crippen molar-refractivity contribution in [1.82, 2.24) is 5.32 Å². The second-order valence-electron chi connectivity index (χ2n) is 6.40. The topological polar surface area (TPSA) is 39.7 Å². The first-order chi connectivity index (χ1) is 14.1. The number of halogens is 2. The summed E-state index contributed by atoms with van der Waals surface area (Å²) in [7, 11) is 3.32. The van der Waals surface area contributed by atoms with E-state index >= 15 is 0 Å². The average molecular weight is 477 g/mol. The fourth-order valence-corrected chi connectivity index (χ4v) is 3.77. The summed E-state index contributed by atoms with van der Waals surface area (Å²) in [5, 5.41) is 4.12. The van der Waals surface area contributed by atoms with Crippen LogP contribution in [0.1, 0.15) is 16.7 Å². The number of para-hydroxylation sites is 1. The Morgan fingerprint density at radius 1 is 0.862 bits per heavy atom. The fourth-order valence-electron chi connectivity index (χ4n) is 2.97. The van der Waals surface area contributed by atoms with Crippen LogP contribution in [0.4, 0.5) is 0 Å². The van der Waals surface area contributed by atoms with Crippen LogP contribution in [0.5, 0.6) is 17.2 Å². The molecule has 3 aromatic carbocycles. The summed E-state index contributed by atoms with van der Waals surface area (Å²) >= 11 is 9.82. The van der Waals surface area contributed by atoms with Crippen LogP contribution in [0.15, 0.2) is 65.1 Å². The number of ether oxygens (including phenoxy) is 3. The Morgan fingerprint density at radius 2 is 1.55 bits per heavy atom. The zero-order valence-electron chi connectivity index (χ0n) is 16.4. The zero-order valence-corrected chi connectivity index (χ0v) is 18.7. The maximum atomic E-state index is 6.22. The highest BCUT2D eigenvalue weighted by Gasteiger charge is 2.13. The summed E-state index contributed by atoms with van der Waals surface area (Å²) in [6.07, 6.45) is 0. The van der Waals surface area contributed by atoms with Gasteiger partial charge in [0, 0.05) is 29.2 Å². The van der Waals surface area contributed by atoms with E-state index in [1.165, 1.54) is 0 Å². The van der Waals surface area contributed by atoms with Crippen LogP contribution in [0, 0.1) is 0 Å². The SMILES string of the molecule is COc1ccccc1CNCc1cc(Br)c(OCc2ccccc2Cl)c(OC)c1. The van der Waals surface area contributed by atoms with Crippen molar-refractivity contribution in [1.29, 1.82) is 0 Å². The summed E-state index contributed by atoms with van der Waals surface area (Å²) in [6.45, 7) is 1.74. The Hall–Kier alpha value is -2.21. The smallest absolute Gasteiger partial charge is 0.175 e. The zero-order chi connectivity index (χ0) is 20.6. The molecule has 0 aliphatic rings. The molecule has 0 atom stereocenters. The van der Waals surface area contributed by atoms with Gasteiger partial charge in [0.1, 0.15) is 12.4 Å². The van der Waals surface area contributed by atoms with Crippen molar-refractivity contribution in [3.8, 4) is 17.2 Å². The molecule has 6 heteroatoms. The summed E-state index contributed by atoms with van der Waals surface area (Å²) < 4.78 is 17.8. The van der Waals surface area contributed by atoms with Crippen molar-refractivity contribution in [2.75, 3.05) is 14.2 Å². The largest absolute Gasteiger partial charge is 0.496 e. The molecule has 3 aromatic rings. The second-order valence-corrected chi connectivity index (χ2v) is 7.67. The predicted octanol–water partition coefficient (Wildman–Crippen LogP) is 5.99. The molecule has 152 valence electrons. The molecule has 1 N–H and O–H groups in total. The number of hydrogen-bond acceptors (Lipinski definition) is 4. The third-order valence-electron chi connectivity index (χ3n) is 4.46. The van der Waals surface area contributed by atoms with Gasteiger partial charge in [0.2, 0.25) is 0 Å². The molecule has 0 heterocycles. The molecule has 3 rings (SSSR count). The Morgan fingerprint density at radius 3 is 2.28 bits per heavy atom. The molecule has 4 nitrogen and oxygen atoms in total. The van der Waals surface area contributed by atoms with Gasteiger partial charge in [0.25, 0.3) is 0 Å². The number of hydrogen-bond donors (Lipinski definition) is 1. The Kier molecular flexibility index (Phi) is 7.81. The highest BCUT2D eigenvalue weighted by molar-refractivity contribution is 9.10. The van der Waals surface area contributed by atoms with Gasteiger partial charge in [-0.1, -0.05) is 48.0 Å². The minimum Gasteiger partial charge on any atom is -0.496 e. The van der Waals surface area contributed by atoms with Crippen molar-refractivity contribution in [3.63, 3.8) is 0 Å². The Bertz CT molecular complexity index is 965. The first-order valence-electron chi connectivity index (χ1n) is 9.17. The van der Waals surface area contributed by atoms with E-state index in [4.69, 9.17) is 25.8 Å². The van der Waals surface area contributed by atoms with Gasteiger partial charge in [-0.25, -0.2) is 0 Å². The molecule has 0 fully saturated rings. The molecule has 29 heavy (non-hydrogen) atoms. The molecule has 0 aliphatic heterocycles. The molecule has 0 saturated heterocycles. The molecule has 0 spiro atoms. The van der Waals surface area contributed by atoms with Crippen LogP contribution in [-0.2, 0) is 19.7 Å².